The number of nitrogens with zero attached hydrogens (tertiary/aromatic N) is 1. The van der Waals surface area contributed by atoms with Gasteiger partial charge in [-0.3, -0.25) is 0 Å². The second-order valence-corrected chi connectivity index (χ2v) is 23.3. The number of benzene rings is 15. The van der Waals surface area contributed by atoms with E-state index in [0.717, 1.165) is 17.1 Å². The molecule has 1 nitrogen and oxygen atoms in total. The third-order valence-electron chi connectivity index (χ3n) is 19.6. The molecule has 15 aromatic carbocycles. The molecule has 82 heavy (non-hydrogen) atoms. The molecule has 0 saturated carbocycles. The quantitative estimate of drug-likeness (QED) is 0.159. The van der Waals surface area contributed by atoms with Gasteiger partial charge in [-0.15, -0.1) is 0 Å². The van der Waals surface area contributed by atoms with E-state index in [0.29, 0.717) is 0 Å². The average Bonchev–Trinajstić information content (AvgIpc) is 1.64. The zero-order chi connectivity index (χ0) is 53.6. The van der Waals surface area contributed by atoms with E-state index in [1.807, 2.05) is 0 Å². The van der Waals surface area contributed by atoms with Crippen LogP contribution < -0.4 is 4.90 Å². The summed E-state index contributed by atoms with van der Waals surface area (Å²) in [5.74, 6) is 0. The Bertz CT molecular complexity index is 4960. The number of aryl methyl sites for hydroxylation is 1. The molecule has 0 N–H and O–H groups in total. The summed E-state index contributed by atoms with van der Waals surface area (Å²) in [5, 5.41) is 15.2. The van der Waals surface area contributed by atoms with Crippen molar-refractivity contribution in [1.29, 1.82) is 0 Å². The summed E-state index contributed by atoms with van der Waals surface area (Å²) in [6, 6.07) is 107. The molecular weight excluding hydrogens is 987 g/mol. The molecule has 0 unspecified atom stereocenters. The molecule has 0 radical (unpaired) electrons. The maximum absolute atomic E-state index is 2.66. The first-order valence-corrected chi connectivity index (χ1v) is 28.9. The Morgan fingerprint density at radius 1 is 0.232 bits per heavy atom. The largest absolute Gasteiger partial charge is 0.309 e. The van der Waals surface area contributed by atoms with Crippen LogP contribution in [-0.4, -0.2) is 0 Å². The minimum absolute atomic E-state index is 0.649. The lowest BCUT2D eigenvalue weighted by molar-refractivity contribution is 0.801. The van der Waals surface area contributed by atoms with Crippen molar-refractivity contribution in [3.8, 4) is 44.5 Å². The van der Waals surface area contributed by atoms with Gasteiger partial charge in [0.2, 0.25) is 0 Å². The molecule has 0 saturated heterocycles. The highest BCUT2D eigenvalue weighted by atomic mass is 15.1. The Morgan fingerprint density at radius 3 is 0.854 bits per heavy atom. The number of hydrogen-bond donors (Lipinski definition) is 0. The zero-order valence-electron chi connectivity index (χ0n) is 45.0. The maximum atomic E-state index is 2.66. The summed E-state index contributed by atoms with van der Waals surface area (Å²) >= 11 is 0. The standard InChI is InChI=1S/C81H49N/c1-48-42-44-49(45-43-48)82(72-46-70-74(62-34-10-6-30-58(62)72)76-60-32-8-2-22-50(60)52-24-4-12-36-64(52)78(76)80(70)66-38-18-14-26-54(66)55-27-15-19-39-67(55)80)73-47-71-75(63-35-11-7-31-59(63)73)77-61-33-9-3-23-51(61)53-25-5-13-37-65(53)79(77)81(71)68-40-20-16-28-56(68)57-29-17-21-41-69(57)81/h2-47H,1H3. The first kappa shape index (κ1) is 44.5. The van der Waals surface area contributed by atoms with Crippen LogP contribution in [0.1, 0.15) is 50.1 Å². The van der Waals surface area contributed by atoms with Crippen LogP contribution >= 0.6 is 0 Å². The van der Waals surface area contributed by atoms with Crippen LogP contribution in [-0.2, 0) is 10.8 Å². The molecule has 0 amide bonds. The van der Waals surface area contributed by atoms with Gasteiger partial charge in [0.1, 0.15) is 0 Å². The Kier molecular flexibility index (Phi) is 8.65. The molecule has 15 aromatic rings. The fourth-order valence-electron chi connectivity index (χ4n) is 16.8. The summed E-state index contributed by atoms with van der Waals surface area (Å²) < 4.78 is 0. The van der Waals surface area contributed by atoms with E-state index < -0.39 is 10.8 Å². The minimum atomic E-state index is -0.649. The second-order valence-electron chi connectivity index (χ2n) is 23.3. The molecule has 0 fully saturated rings. The molecule has 378 valence electrons. The molecule has 0 atom stereocenters. The second kappa shape index (κ2) is 15.9. The van der Waals surface area contributed by atoms with Crippen LogP contribution in [0.4, 0.5) is 17.1 Å². The zero-order valence-corrected chi connectivity index (χ0v) is 45.0. The van der Waals surface area contributed by atoms with Crippen LogP contribution in [0.5, 0.6) is 0 Å². The predicted molar refractivity (Wildman–Crippen MR) is 343 cm³/mol. The fourth-order valence-corrected chi connectivity index (χ4v) is 16.8. The summed E-state index contributed by atoms with van der Waals surface area (Å²) in [6.45, 7) is 2.21. The van der Waals surface area contributed by atoms with Crippen molar-refractivity contribution in [2.24, 2.45) is 0 Å². The lowest BCUT2D eigenvalue weighted by Crippen LogP contribution is -2.27. The van der Waals surface area contributed by atoms with Crippen molar-refractivity contribution < 1.29 is 0 Å². The van der Waals surface area contributed by atoms with E-state index in [1.54, 1.807) is 0 Å². The van der Waals surface area contributed by atoms with E-state index in [1.165, 1.54) is 159 Å². The lowest BCUT2D eigenvalue weighted by atomic mass is 9.68. The van der Waals surface area contributed by atoms with Gasteiger partial charge in [0.25, 0.3) is 0 Å². The highest BCUT2D eigenvalue weighted by Crippen LogP contribution is 2.70. The SMILES string of the molecule is Cc1ccc(N(c2cc3c(c4ccccc24)-c2c(c4ccccc4c4ccccc24)C32c3ccccc3-c3ccccc32)c2cc3c(c4ccccc24)-c2c(c4ccccc4c4ccccc24)C32c3ccccc3-c3ccccc32)cc1. The molecule has 0 aliphatic heterocycles. The molecule has 2 spiro atoms. The van der Waals surface area contributed by atoms with Gasteiger partial charge in [-0.1, -0.05) is 260 Å². The van der Waals surface area contributed by atoms with Gasteiger partial charge >= 0.3 is 0 Å². The van der Waals surface area contributed by atoms with Crippen molar-refractivity contribution >= 4 is 81.7 Å². The molecule has 19 rings (SSSR count). The van der Waals surface area contributed by atoms with Gasteiger partial charge < -0.3 is 4.90 Å². The first-order chi connectivity index (χ1) is 40.7. The highest BCUT2D eigenvalue weighted by molar-refractivity contribution is 6.27. The van der Waals surface area contributed by atoms with Crippen molar-refractivity contribution in [2.45, 2.75) is 17.8 Å². The summed E-state index contributed by atoms with van der Waals surface area (Å²) in [7, 11) is 0. The van der Waals surface area contributed by atoms with Crippen LogP contribution in [0.25, 0.3) is 109 Å². The van der Waals surface area contributed by atoms with Gasteiger partial charge in [-0.05, 0) is 174 Å². The Hall–Kier alpha value is -10.3. The van der Waals surface area contributed by atoms with E-state index in [9.17, 15) is 0 Å². The molecule has 4 aliphatic carbocycles. The fraction of sp³-hybridized carbons (Fsp3) is 0.0370. The van der Waals surface area contributed by atoms with E-state index in [4.69, 9.17) is 0 Å². The Labute approximate surface area is 475 Å². The summed E-state index contributed by atoms with van der Waals surface area (Å²) in [4.78, 5) is 2.66. The molecule has 0 bridgehead atoms. The normalized spacial score (nSPS) is 14.1. The number of fused-ring (bicyclic) bond motifs is 34. The number of anilines is 3. The smallest absolute Gasteiger partial charge is 0.0732 e. The van der Waals surface area contributed by atoms with Crippen molar-refractivity contribution in [1.82, 2.24) is 0 Å². The maximum Gasteiger partial charge on any atom is 0.0732 e. The van der Waals surface area contributed by atoms with Gasteiger partial charge in [0.15, 0.2) is 0 Å². The van der Waals surface area contributed by atoms with Crippen LogP contribution in [0.3, 0.4) is 0 Å². The molecule has 1 heteroatoms. The third-order valence-corrected chi connectivity index (χ3v) is 19.6. The number of hydrogen-bond acceptors (Lipinski definition) is 1. The minimum Gasteiger partial charge on any atom is -0.309 e. The van der Waals surface area contributed by atoms with Crippen molar-refractivity contribution in [3.05, 3.63) is 329 Å². The monoisotopic (exact) mass is 1040 g/mol. The molecule has 0 aromatic heterocycles. The first-order valence-electron chi connectivity index (χ1n) is 28.9. The third kappa shape index (κ3) is 5.27. The van der Waals surface area contributed by atoms with Gasteiger partial charge in [0, 0.05) is 16.5 Å². The Morgan fingerprint density at radius 2 is 0.500 bits per heavy atom. The predicted octanol–water partition coefficient (Wildman–Crippen LogP) is 21.1. The molecule has 4 aliphatic rings. The highest BCUT2D eigenvalue weighted by Gasteiger charge is 2.56. The average molecular weight is 1040 g/mol. The van der Waals surface area contributed by atoms with Gasteiger partial charge in [0.05, 0.1) is 22.2 Å². The van der Waals surface area contributed by atoms with Gasteiger partial charge in [-0.2, -0.15) is 0 Å². The van der Waals surface area contributed by atoms with E-state index in [2.05, 4.69) is 291 Å². The van der Waals surface area contributed by atoms with Crippen molar-refractivity contribution in [3.63, 3.8) is 0 Å². The van der Waals surface area contributed by atoms with E-state index in [-0.39, 0.29) is 0 Å². The van der Waals surface area contributed by atoms with Crippen LogP contribution in [0.2, 0.25) is 0 Å². The van der Waals surface area contributed by atoms with Gasteiger partial charge in [-0.25, -0.2) is 0 Å². The topological polar surface area (TPSA) is 3.24 Å². The number of rotatable bonds is 3. The molecule has 0 heterocycles. The van der Waals surface area contributed by atoms with Crippen LogP contribution in [0, 0.1) is 6.92 Å². The van der Waals surface area contributed by atoms with E-state index >= 15 is 0 Å². The summed E-state index contributed by atoms with van der Waals surface area (Å²) in [6.07, 6.45) is 0. The van der Waals surface area contributed by atoms with Crippen molar-refractivity contribution in [2.75, 3.05) is 4.90 Å². The lowest BCUT2D eigenvalue weighted by Gasteiger charge is -2.35. The summed E-state index contributed by atoms with van der Waals surface area (Å²) in [5.41, 5.74) is 24.6. The Balaban J connectivity index is 1.01. The molecular formula is C81H49N. The van der Waals surface area contributed by atoms with Crippen LogP contribution in [0.15, 0.2) is 279 Å².